The second-order valence-corrected chi connectivity index (χ2v) is 5.18. The van der Waals surface area contributed by atoms with Crippen LogP contribution in [0.3, 0.4) is 0 Å². The van der Waals surface area contributed by atoms with Crippen molar-refractivity contribution < 1.29 is 4.79 Å². The van der Waals surface area contributed by atoms with Crippen LogP contribution in [0.1, 0.15) is 37.9 Å². The van der Waals surface area contributed by atoms with Crippen molar-refractivity contribution in [2.45, 2.75) is 33.2 Å². The van der Waals surface area contributed by atoms with Gasteiger partial charge in [0.2, 0.25) is 5.91 Å². The summed E-state index contributed by atoms with van der Waals surface area (Å²) in [5, 5.41) is 5.96. The Labute approximate surface area is 122 Å². The summed E-state index contributed by atoms with van der Waals surface area (Å²) in [6.07, 6.45) is 6.15. The molecule has 0 spiro atoms. The maximum Gasteiger partial charge on any atom is 0.234 e. The maximum absolute atomic E-state index is 11.6. The van der Waals surface area contributed by atoms with E-state index in [4.69, 9.17) is 6.42 Å². The fourth-order valence-electron chi connectivity index (χ4n) is 2.11. The third-order valence-corrected chi connectivity index (χ3v) is 3.28. The lowest BCUT2D eigenvalue weighted by atomic mass is 9.95. The standard InChI is InChI=1S/C17H24N2O/c1-5-11-18-16(20)12-19-17(13(3)4)15-9-7-14(6-2)8-10-15/h1,7-10,13,17,19H,6,11-12H2,2-4H3,(H,18,20)/t17-/m0/s1. The number of carbonyl (C=O) groups is 1. The predicted molar refractivity (Wildman–Crippen MR) is 83.2 cm³/mol. The van der Waals surface area contributed by atoms with Crippen LogP contribution in [0.15, 0.2) is 24.3 Å². The zero-order valence-electron chi connectivity index (χ0n) is 12.6. The Balaban J connectivity index is 2.64. The van der Waals surface area contributed by atoms with Crippen LogP contribution >= 0.6 is 0 Å². The summed E-state index contributed by atoms with van der Waals surface area (Å²) in [4.78, 5) is 11.6. The van der Waals surface area contributed by atoms with E-state index < -0.39 is 0 Å². The molecular formula is C17H24N2O. The summed E-state index contributed by atoms with van der Waals surface area (Å²) in [6, 6.07) is 8.72. The molecule has 1 amide bonds. The summed E-state index contributed by atoms with van der Waals surface area (Å²) in [5.74, 6) is 2.73. The molecule has 0 aliphatic heterocycles. The van der Waals surface area contributed by atoms with Crippen LogP contribution in [0.4, 0.5) is 0 Å². The smallest absolute Gasteiger partial charge is 0.234 e. The van der Waals surface area contributed by atoms with Crippen LogP contribution in [0.25, 0.3) is 0 Å². The van der Waals surface area contributed by atoms with Gasteiger partial charge in [0.15, 0.2) is 0 Å². The minimum absolute atomic E-state index is 0.0706. The van der Waals surface area contributed by atoms with Crippen LogP contribution in [-0.4, -0.2) is 19.0 Å². The third kappa shape index (κ3) is 5.07. The Bertz CT molecular complexity index is 457. The number of terminal acetylenes is 1. The van der Waals surface area contributed by atoms with E-state index in [2.05, 4.69) is 61.6 Å². The Morgan fingerprint density at radius 2 is 1.95 bits per heavy atom. The first-order valence-corrected chi connectivity index (χ1v) is 7.10. The normalized spacial score (nSPS) is 11.9. The van der Waals surface area contributed by atoms with Gasteiger partial charge in [-0.3, -0.25) is 4.79 Å². The summed E-state index contributed by atoms with van der Waals surface area (Å²) in [5.41, 5.74) is 2.53. The van der Waals surface area contributed by atoms with Crippen molar-refractivity contribution in [3.63, 3.8) is 0 Å². The average molecular weight is 272 g/mol. The summed E-state index contributed by atoms with van der Waals surface area (Å²) < 4.78 is 0. The number of hydrogen-bond acceptors (Lipinski definition) is 2. The molecule has 3 nitrogen and oxygen atoms in total. The van der Waals surface area contributed by atoms with Gasteiger partial charge in [0.25, 0.3) is 0 Å². The molecule has 0 aromatic heterocycles. The molecule has 0 unspecified atom stereocenters. The van der Waals surface area contributed by atoms with E-state index in [-0.39, 0.29) is 25.0 Å². The van der Waals surface area contributed by atoms with E-state index in [1.165, 1.54) is 11.1 Å². The lowest BCUT2D eigenvalue weighted by molar-refractivity contribution is -0.120. The topological polar surface area (TPSA) is 41.1 Å². The first-order valence-electron chi connectivity index (χ1n) is 7.10. The Morgan fingerprint density at radius 1 is 1.30 bits per heavy atom. The highest BCUT2D eigenvalue weighted by atomic mass is 16.1. The number of carbonyl (C=O) groups excluding carboxylic acids is 1. The zero-order valence-corrected chi connectivity index (χ0v) is 12.6. The van der Waals surface area contributed by atoms with Crippen molar-refractivity contribution in [2.24, 2.45) is 5.92 Å². The minimum Gasteiger partial charge on any atom is -0.344 e. The number of aryl methyl sites for hydroxylation is 1. The van der Waals surface area contributed by atoms with Gasteiger partial charge in [-0.05, 0) is 23.5 Å². The average Bonchev–Trinajstić information content (AvgIpc) is 2.45. The number of amides is 1. The first-order chi connectivity index (χ1) is 9.58. The van der Waals surface area contributed by atoms with E-state index in [0.29, 0.717) is 5.92 Å². The largest absolute Gasteiger partial charge is 0.344 e. The molecule has 0 saturated heterocycles. The Kier molecular flexibility index (Phi) is 6.83. The molecule has 108 valence electrons. The van der Waals surface area contributed by atoms with Gasteiger partial charge in [0.05, 0.1) is 13.1 Å². The lowest BCUT2D eigenvalue weighted by Crippen LogP contribution is -2.37. The predicted octanol–water partition coefficient (Wildman–Crippen LogP) is 2.29. The molecule has 1 atom stereocenters. The number of nitrogens with one attached hydrogen (secondary N) is 2. The van der Waals surface area contributed by atoms with E-state index in [1.54, 1.807) is 0 Å². The monoisotopic (exact) mass is 272 g/mol. The summed E-state index contributed by atoms with van der Waals surface area (Å²) in [7, 11) is 0. The van der Waals surface area contributed by atoms with Gasteiger partial charge in [-0.25, -0.2) is 0 Å². The molecule has 0 bridgehead atoms. The fourth-order valence-corrected chi connectivity index (χ4v) is 2.11. The molecule has 0 heterocycles. The second-order valence-electron chi connectivity index (χ2n) is 5.18. The van der Waals surface area contributed by atoms with Gasteiger partial charge in [-0.1, -0.05) is 51.0 Å². The molecule has 0 radical (unpaired) electrons. The minimum atomic E-state index is -0.0706. The van der Waals surface area contributed by atoms with Crippen molar-refractivity contribution in [2.75, 3.05) is 13.1 Å². The van der Waals surface area contributed by atoms with E-state index in [0.717, 1.165) is 6.42 Å². The van der Waals surface area contributed by atoms with Crippen LogP contribution in [-0.2, 0) is 11.2 Å². The van der Waals surface area contributed by atoms with E-state index in [9.17, 15) is 4.79 Å². The number of rotatable bonds is 7. The molecular weight excluding hydrogens is 248 g/mol. The first kappa shape index (κ1) is 16.3. The Morgan fingerprint density at radius 3 is 2.45 bits per heavy atom. The molecule has 0 aliphatic carbocycles. The molecule has 3 heteroatoms. The quantitative estimate of drug-likeness (QED) is 0.748. The van der Waals surface area contributed by atoms with Crippen molar-refractivity contribution in [3.05, 3.63) is 35.4 Å². The van der Waals surface area contributed by atoms with E-state index >= 15 is 0 Å². The van der Waals surface area contributed by atoms with Gasteiger partial charge in [0.1, 0.15) is 0 Å². The number of benzene rings is 1. The SMILES string of the molecule is C#CCNC(=O)CN[C@H](c1ccc(CC)cc1)C(C)C. The fraction of sp³-hybridized carbons (Fsp3) is 0.471. The lowest BCUT2D eigenvalue weighted by Gasteiger charge is -2.23. The Hall–Kier alpha value is -1.79. The molecule has 20 heavy (non-hydrogen) atoms. The second kappa shape index (κ2) is 8.39. The number of hydrogen-bond donors (Lipinski definition) is 2. The summed E-state index contributed by atoms with van der Waals surface area (Å²) >= 11 is 0. The molecule has 0 saturated carbocycles. The summed E-state index contributed by atoms with van der Waals surface area (Å²) in [6.45, 7) is 6.98. The maximum atomic E-state index is 11.6. The van der Waals surface area contributed by atoms with Crippen molar-refractivity contribution >= 4 is 5.91 Å². The molecule has 0 fully saturated rings. The van der Waals surface area contributed by atoms with Crippen LogP contribution in [0, 0.1) is 18.3 Å². The van der Waals surface area contributed by atoms with Crippen molar-refractivity contribution in [1.29, 1.82) is 0 Å². The van der Waals surface area contributed by atoms with Crippen molar-refractivity contribution in [1.82, 2.24) is 10.6 Å². The van der Waals surface area contributed by atoms with Gasteiger partial charge < -0.3 is 10.6 Å². The highest BCUT2D eigenvalue weighted by Crippen LogP contribution is 2.21. The van der Waals surface area contributed by atoms with Crippen LogP contribution < -0.4 is 10.6 Å². The molecule has 2 N–H and O–H groups in total. The van der Waals surface area contributed by atoms with Crippen LogP contribution in [0.5, 0.6) is 0 Å². The van der Waals surface area contributed by atoms with Gasteiger partial charge in [-0.15, -0.1) is 6.42 Å². The molecule has 1 aromatic carbocycles. The zero-order chi connectivity index (χ0) is 15.0. The van der Waals surface area contributed by atoms with Gasteiger partial charge >= 0.3 is 0 Å². The highest BCUT2D eigenvalue weighted by molar-refractivity contribution is 5.78. The van der Waals surface area contributed by atoms with Gasteiger partial charge in [-0.2, -0.15) is 0 Å². The van der Waals surface area contributed by atoms with Gasteiger partial charge in [0, 0.05) is 6.04 Å². The molecule has 1 rings (SSSR count). The van der Waals surface area contributed by atoms with Crippen molar-refractivity contribution in [3.8, 4) is 12.3 Å². The molecule has 0 aliphatic rings. The highest BCUT2D eigenvalue weighted by Gasteiger charge is 2.16. The van der Waals surface area contributed by atoms with Crippen LogP contribution in [0.2, 0.25) is 0 Å². The van der Waals surface area contributed by atoms with E-state index in [1.807, 2.05) is 0 Å². The molecule has 1 aromatic rings. The third-order valence-electron chi connectivity index (χ3n) is 3.28.